The van der Waals surface area contributed by atoms with E-state index in [1.807, 2.05) is 24.0 Å². The van der Waals surface area contributed by atoms with Gasteiger partial charge in [0.1, 0.15) is 4.88 Å². The molecule has 1 saturated heterocycles. The van der Waals surface area contributed by atoms with Crippen LogP contribution < -0.4 is 0 Å². The minimum atomic E-state index is -0.898. The second-order valence-electron chi connectivity index (χ2n) is 7.53. The molecule has 0 spiro atoms. The van der Waals surface area contributed by atoms with Crippen LogP contribution in [0.3, 0.4) is 0 Å². The molecule has 0 unspecified atom stereocenters. The topological polar surface area (TPSA) is 77.8 Å². The van der Waals surface area contributed by atoms with Crippen LogP contribution in [-0.2, 0) is 11.2 Å². The molecule has 5 nitrogen and oxygen atoms in total. The van der Waals surface area contributed by atoms with E-state index >= 15 is 0 Å². The van der Waals surface area contributed by atoms with Crippen LogP contribution in [0.2, 0.25) is 0 Å². The summed E-state index contributed by atoms with van der Waals surface area (Å²) in [5, 5.41) is 19.4. The third-order valence-electron chi connectivity index (χ3n) is 5.11. The molecule has 6 heteroatoms. The summed E-state index contributed by atoms with van der Waals surface area (Å²) in [5.74, 6) is 5.53. The first kappa shape index (κ1) is 23.2. The van der Waals surface area contributed by atoms with Gasteiger partial charge in [-0.15, -0.1) is 23.2 Å². The van der Waals surface area contributed by atoms with Gasteiger partial charge in [0.15, 0.2) is 0 Å². The number of aliphatic hydroxyl groups is 1. The number of nitrogens with zero attached hydrogens (tertiary/aromatic N) is 1. The fourth-order valence-electron chi connectivity index (χ4n) is 3.30. The first-order chi connectivity index (χ1) is 13.9. The van der Waals surface area contributed by atoms with Crippen LogP contribution in [0.1, 0.15) is 66.9 Å². The van der Waals surface area contributed by atoms with Crippen molar-refractivity contribution >= 4 is 23.2 Å². The summed E-state index contributed by atoms with van der Waals surface area (Å²) in [4.78, 5) is 26.5. The van der Waals surface area contributed by atoms with Crippen molar-refractivity contribution in [3.63, 3.8) is 0 Å². The Balaban J connectivity index is 1.83. The summed E-state index contributed by atoms with van der Waals surface area (Å²) >= 11 is 1.29. The van der Waals surface area contributed by atoms with Gasteiger partial charge in [-0.25, -0.2) is 4.79 Å². The maximum absolute atomic E-state index is 12.2. The number of aliphatic hydroxyl groups excluding tert-OH is 1. The number of hydrogen-bond acceptors (Lipinski definition) is 4. The van der Waals surface area contributed by atoms with E-state index in [4.69, 9.17) is 5.11 Å². The monoisotopic (exact) mass is 417 g/mol. The van der Waals surface area contributed by atoms with E-state index in [-0.39, 0.29) is 17.9 Å². The van der Waals surface area contributed by atoms with Crippen molar-refractivity contribution in [2.24, 2.45) is 5.92 Å². The molecule has 1 fully saturated rings. The number of rotatable bonds is 10. The summed E-state index contributed by atoms with van der Waals surface area (Å²) in [7, 11) is 0. The zero-order valence-electron chi connectivity index (χ0n) is 17.3. The lowest BCUT2D eigenvalue weighted by Crippen LogP contribution is -2.33. The predicted molar refractivity (Wildman–Crippen MR) is 116 cm³/mol. The lowest BCUT2D eigenvalue weighted by Gasteiger charge is -2.23. The normalized spacial score (nSPS) is 18.7. The Morgan fingerprint density at radius 1 is 1.41 bits per heavy atom. The predicted octanol–water partition coefficient (Wildman–Crippen LogP) is 4.12. The summed E-state index contributed by atoms with van der Waals surface area (Å²) in [6, 6.07) is 3.50. The smallest absolute Gasteiger partial charge is 0.345 e. The maximum Gasteiger partial charge on any atom is 0.345 e. The van der Waals surface area contributed by atoms with Crippen LogP contribution in [0.5, 0.6) is 0 Å². The molecule has 2 rings (SSSR count). The fraction of sp³-hybridized carbons (Fsp3) is 0.565. The zero-order chi connectivity index (χ0) is 21.2. The van der Waals surface area contributed by atoms with Crippen molar-refractivity contribution < 1.29 is 19.8 Å². The SMILES string of the molecule is CCCC#CC[C@@H](C)[C@H](O)C=C[C@H]1CCC(=O)N1CCCc1ccc(C(=O)O)s1. The third-order valence-corrected chi connectivity index (χ3v) is 6.24. The van der Waals surface area contributed by atoms with Gasteiger partial charge in [-0.1, -0.05) is 26.0 Å². The highest BCUT2D eigenvalue weighted by molar-refractivity contribution is 7.13. The van der Waals surface area contributed by atoms with Crippen LogP contribution in [0.25, 0.3) is 0 Å². The molecule has 3 atom stereocenters. The quantitative estimate of drug-likeness (QED) is 0.443. The molecule has 1 amide bonds. The van der Waals surface area contributed by atoms with E-state index in [1.54, 1.807) is 12.1 Å². The van der Waals surface area contributed by atoms with Crippen molar-refractivity contribution in [1.29, 1.82) is 0 Å². The van der Waals surface area contributed by atoms with Gasteiger partial charge in [0.05, 0.1) is 12.1 Å². The Kier molecular flexibility index (Phi) is 9.43. The number of hydrogen-bond donors (Lipinski definition) is 2. The molecule has 158 valence electrons. The second kappa shape index (κ2) is 11.8. The molecule has 0 saturated carbocycles. The molecular formula is C23H31NO4S. The van der Waals surface area contributed by atoms with E-state index in [0.29, 0.717) is 24.3 Å². The van der Waals surface area contributed by atoms with Gasteiger partial charge in [-0.3, -0.25) is 4.79 Å². The highest BCUT2D eigenvalue weighted by Crippen LogP contribution is 2.23. The molecule has 29 heavy (non-hydrogen) atoms. The minimum Gasteiger partial charge on any atom is -0.477 e. The maximum atomic E-state index is 12.2. The summed E-state index contributed by atoms with van der Waals surface area (Å²) < 4.78 is 0. The number of aromatic carboxylic acids is 1. The molecule has 0 aromatic carbocycles. The first-order valence-electron chi connectivity index (χ1n) is 10.4. The van der Waals surface area contributed by atoms with E-state index in [2.05, 4.69) is 18.8 Å². The number of unbranched alkanes of at least 4 members (excludes halogenated alkanes) is 1. The van der Waals surface area contributed by atoms with Crippen LogP contribution in [0, 0.1) is 17.8 Å². The Hall–Kier alpha value is -2.10. The number of amides is 1. The highest BCUT2D eigenvalue weighted by Gasteiger charge is 2.28. The Morgan fingerprint density at radius 3 is 2.90 bits per heavy atom. The van der Waals surface area contributed by atoms with Crippen LogP contribution in [0.15, 0.2) is 24.3 Å². The largest absolute Gasteiger partial charge is 0.477 e. The molecule has 2 N–H and O–H groups in total. The summed E-state index contributed by atoms with van der Waals surface area (Å²) in [6.07, 6.45) is 8.65. The number of likely N-dealkylation sites (tertiary alicyclic amines) is 1. The zero-order valence-corrected chi connectivity index (χ0v) is 18.1. The van der Waals surface area contributed by atoms with Crippen molar-refractivity contribution in [2.45, 2.75) is 70.9 Å². The second-order valence-corrected chi connectivity index (χ2v) is 8.70. The average molecular weight is 418 g/mol. The fourth-order valence-corrected chi connectivity index (χ4v) is 4.18. The molecule has 1 aromatic heterocycles. The Bertz CT molecular complexity index is 773. The van der Waals surface area contributed by atoms with Gasteiger partial charge in [0, 0.05) is 30.7 Å². The summed E-state index contributed by atoms with van der Waals surface area (Å²) in [6.45, 7) is 4.72. The number of carboxylic acid groups (broad SMARTS) is 1. The number of aryl methyl sites for hydroxylation is 1. The molecule has 1 aliphatic heterocycles. The van der Waals surface area contributed by atoms with Crippen molar-refractivity contribution in [2.75, 3.05) is 6.54 Å². The first-order valence-corrected chi connectivity index (χ1v) is 11.2. The number of carbonyl (C=O) groups excluding carboxylic acids is 1. The highest BCUT2D eigenvalue weighted by atomic mass is 32.1. The van der Waals surface area contributed by atoms with E-state index in [0.717, 1.165) is 37.0 Å². The molecule has 0 radical (unpaired) electrons. The molecule has 1 aliphatic rings. The van der Waals surface area contributed by atoms with Gasteiger partial charge in [-0.05, 0) is 43.7 Å². The lowest BCUT2D eigenvalue weighted by atomic mass is 10.00. The Morgan fingerprint density at radius 2 is 2.21 bits per heavy atom. The van der Waals surface area contributed by atoms with Gasteiger partial charge in [0.25, 0.3) is 0 Å². The van der Waals surface area contributed by atoms with Crippen molar-refractivity contribution in [1.82, 2.24) is 4.90 Å². The Labute approximate surface area is 177 Å². The van der Waals surface area contributed by atoms with Gasteiger partial charge >= 0.3 is 5.97 Å². The lowest BCUT2D eigenvalue weighted by molar-refractivity contribution is -0.128. The van der Waals surface area contributed by atoms with E-state index < -0.39 is 12.1 Å². The number of thiophene rings is 1. The van der Waals surface area contributed by atoms with E-state index in [9.17, 15) is 14.7 Å². The average Bonchev–Trinajstić information content (AvgIpc) is 3.31. The van der Waals surface area contributed by atoms with Crippen molar-refractivity contribution in [3.05, 3.63) is 34.0 Å². The van der Waals surface area contributed by atoms with Crippen LogP contribution in [-0.4, -0.2) is 45.7 Å². The molecule has 2 heterocycles. The minimum absolute atomic E-state index is 0.0217. The molecular weight excluding hydrogens is 386 g/mol. The van der Waals surface area contributed by atoms with Crippen LogP contribution in [0.4, 0.5) is 0 Å². The van der Waals surface area contributed by atoms with Gasteiger partial charge < -0.3 is 15.1 Å². The van der Waals surface area contributed by atoms with Crippen LogP contribution >= 0.6 is 11.3 Å². The van der Waals surface area contributed by atoms with Gasteiger partial charge in [0.2, 0.25) is 5.91 Å². The third kappa shape index (κ3) is 7.34. The number of carboxylic acids is 1. The molecule has 1 aromatic rings. The van der Waals surface area contributed by atoms with E-state index in [1.165, 1.54) is 11.3 Å². The summed E-state index contributed by atoms with van der Waals surface area (Å²) in [5.41, 5.74) is 0. The van der Waals surface area contributed by atoms with Gasteiger partial charge in [-0.2, -0.15) is 0 Å². The molecule has 0 bridgehead atoms. The molecule has 0 aliphatic carbocycles. The number of carbonyl (C=O) groups is 2. The van der Waals surface area contributed by atoms with Crippen molar-refractivity contribution in [3.8, 4) is 11.8 Å². The standard InChI is InChI=1S/C23H31NO4S/c1-3-4-5-6-8-17(2)20(25)13-10-18-11-15-22(26)24(18)16-7-9-19-12-14-21(29-19)23(27)28/h10,12-14,17-18,20,25H,3-4,7-9,11,15-16H2,1-2H3,(H,27,28)/t17-,18+,20-/m1/s1.